The van der Waals surface area contributed by atoms with Gasteiger partial charge in [0.05, 0.1) is 55.1 Å². The van der Waals surface area contributed by atoms with E-state index in [1.165, 1.54) is 59.5 Å². The lowest BCUT2D eigenvalue weighted by molar-refractivity contribution is -0.122. The molecule has 57 heavy (non-hydrogen) atoms. The van der Waals surface area contributed by atoms with Crippen LogP contribution in [0.4, 0.5) is 10.1 Å². The molecule has 0 radical (unpaired) electrons. The van der Waals surface area contributed by atoms with Crippen molar-refractivity contribution in [2.45, 2.75) is 47.6 Å². The second-order valence-corrected chi connectivity index (χ2v) is 16.0. The van der Waals surface area contributed by atoms with Crippen LogP contribution in [0.1, 0.15) is 29.6 Å². The Balaban J connectivity index is 1.24. The number of hydrogen-bond acceptors (Lipinski definition) is 10. The maximum Gasteiger partial charge on any atom is 0.347 e. The van der Waals surface area contributed by atoms with E-state index in [1.807, 2.05) is 0 Å². The van der Waals surface area contributed by atoms with E-state index in [2.05, 4.69) is 20.9 Å². The summed E-state index contributed by atoms with van der Waals surface area (Å²) in [6, 6.07) is 9.77. The second-order valence-electron chi connectivity index (χ2n) is 13.9. The molecule has 2 amide bonds. The average Bonchev–Trinajstić information content (AvgIpc) is 3.53. The van der Waals surface area contributed by atoms with Crippen molar-refractivity contribution in [3.05, 3.63) is 113 Å². The lowest BCUT2D eigenvalue weighted by Gasteiger charge is -2.49. The van der Waals surface area contributed by atoms with E-state index in [4.69, 9.17) is 37.4 Å². The number of halogens is 4. The number of carbonyl (C=O) groups excluding carboxylic acids is 2. The van der Waals surface area contributed by atoms with Crippen molar-refractivity contribution in [1.29, 1.82) is 0 Å². The van der Waals surface area contributed by atoms with Gasteiger partial charge in [-0.05, 0) is 63.5 Å². The molecule has 1 N–H and O–H groups in total. The van der Waals surface area contributed by atoms with Gasteiger partial charge in [0.15, 0.2) is 32.7 Å². The topological polar surface area (TPSA) is 169 Å². The zero-order valence-electron chi connectivity index (χ0n) is 30.6. The van der Waals surface area contributed by atoms with Crippen LogP contribution in [0.2, 0.25) is 0 Å². The van der Waals surface area contributed by atoms with Crippen molar-refractivity contribution in [1.82, 2.24) is 23.5 Å². The van der Waals surface area contributed by atoms with Gasteiger partial charge in [0.1, 0.15) is 11.5 Å². The van der Waals surface area contributed by atoms with Crippen LogP contribution in [0.3, 0.4) is 0 Å². The minimum atomic E-state index is -2.23. The Kier molecular flexibility index (Phi) is 9.20. The molecule has 1 saturated carbocycles. The summed E-state index contributed by atoms with van der Waals surface area (Å²) < 4.78 is 35.1. The molecule has 3 aliphatic rings. The quantitative estimate of drug-likeness (QED) is 0.136. The van der Waals surface area contributed by atoms with Gasteiger partial charge in [0, 0.05) is 44.5 Å². The fourth-order valence-corrected chi connectivity index (χ4v) is 9.65. The number of ether oxygens (including phenoxy) is 3. The van der Waals surface area contributed by atoms with E-state index in [0.717, 1.165) is 21.6 Å². The van der Waals surface area contributed by atoms with Crippen LogP contribution >= 0.6 is 39.1 Å². The largest absolute Gasteiger partial charge is 0.503 e. The van der Waals surface area contributed by atoms with Crippen molar-refractivity contribution in [2.75, 3.05) is 26.2 Å². The summed E-state index contributed by atoms with van der Waals surface area (Å²) in [5, 5.41) is 10.7. The standard InChI is InChI=1S/C38H32BrCl2FN6O9/c1-44-25-16-28(56-3)27(55-2)15-24(25)43-23(32(44)50)10-11-45-35(53)46-12-9-21-26(48(46)36(45)54)17-37(40)33(51)47(20-7-5-19(42)6-8-20)34(52)38(37,41)30(21)18-13-22(39)31(49)29(14-18)57-4/h5-9,13-16,26,30,49H,10-12,17H2,1-4H3/t26-,30+,37-,38+/m1/s1. The normalized spacial score (nSPS) is 22.6. The molecule has 2 aromatic heterocycles. The summed E-state index contributed by atoms with van der Waals surface area (Å²) in [6.45, 7) is -0.371. The van der Waals surface area contributed by atoms with E-state index < -0.39 is 62.7 Å². The van der Waals surface area contributed by atoms with Crippen LogP contribution in [0, 0.1) is 5.82 Å². The molecule has 15 nitrogen and oxygen atoms in total. The van der Waals surface area contributed by atoms with Gasteiger partial charge in [0.2, 0.25) is 0 Å². The number of anilines is 1. The molecular formula is C38H32BrCl2FN6O9. The molecule has 5 aromatic rings. The number of phenols is 1. The predicted molar refractivity (Wildman–Crippen MR) is 210 cm³/mol. The highest BCUT2D eigenvalue weighted by Gasteiger charge is 2.75. The van der Waals surface area contributed by atoms with Crippen LogP contribution in [0.25, 0.3) is 11.0 Å². The number of nitrogens with zero attached hydrogens (tertiary/aromatic N) is 6. The van der Waals surface area contributed by atoms with Gasteiger partial charge in [-0.2, -0.15) is 0 Å². The zero-order valence-corrected chi connectivity index (χ0v) is 33.7. The first-order valence-electron chi connectivity index (χ1n) is 17.4. The maximum absolute atomic E-state index is 14.6. The van der Waals surface area contributed by atoms with Crippen molar-refractivity contribution < 1.29 is 33.3 Å². The Bertz CT molecular complexity index is 2780. The number of carbonyl (C=O) groups is 2. The second kappa shape index (κ2) is 13.6. The van der Waals surface area contributed by atoms with Gasteiger partial charge < -0.3 is 23.9 Å². The van der Waals surface area contributed by atoms with Gasteiger partial charge >= 0.3 is 11.4 Å². The number of allylic oxidation sites excluding steroid dienone is 2. The zero-order chi connectivity index (χ0) is 40.9. The molecule has 4 heterocycles. The number of methoxy groups -OCH3 is 3. The lowest BCUT2D eigenvalue weighted by Crippen LogP contribution is -2.59. The Morgan fingerprint density at radius 3 is 2.26 bits per heavy atom. The van der Waals surface area contributed by atoms with E-state index in [1.54, 1.807) is 25.3 Å². The van der Waals surface area contributed by atoms with Crippen molar-refractivity contribution in [3.63, 3.8) is 0 Å². The first-order valence-corrected chi connectivity index (χ1v) is 19.0. The Labute approximate surface area is 340 Å². The third-order valence-electron chi connectivity index (χ3n) is 11.1. The smallest absolute Gasteiger partial charge is 0.347 e. The predicted octanol–water partition coefficient (Wildman–Crippen LogP) is 4.13. The van der Waals surface area contributed by atoms with E-state index in [-0.39, 0.29) is 46.9 Å². The number of aryl methyl sites for hydroxylation is 2. The van der Waals surface area contributed by atoms with Crippen molar-refractivity contribution in [3.8, 4) is 23.0 Å². The highest BCUT2D eigenvalue weighted by atomic mass is 79.9. The maximum atomic E-state index is 14.6. The summed E-state index contributed by atoms with van der Waals surface area (Å²) in [5.41, 5.74) is -0.204. The van der Waals surface area contributed by atoms with Gasteiger partial charge in [-0.25, -0.2) is 37.8 Å². The summed E-state index contributed by atoms with van der Waals surface area (Å²) in [6.07, 6.45) is 1.16. The number of hydrogen-bond donors (Lipinski definition) is 1. The fraction of sp³-hybridized carbons (Fsp3) is 0.316. The molecule has 0 unspecified atom stereocenters. The van der Waals surface area contributed by atoms with Gasteiger partial charge in [-0.15, -0.1) is 23.2 Å². The number of phenolic OH excluding ortho intramolecular Hbond substituents is 1. The molecule has 4 atom stereocenters. The van der Waals surface area contributed by atoms with Crippen LogP contribution < -0.4 is 36.0 Å². The Morgan fingerprint density at radius 1 is 0.930 bits per heavy atom. The molecule has 2 aliphatic heterocycles. The molecular weight excluding hydrogens is 854 g/mol. The summed E-state index contributed by atoms with van der Waals surface area (Å²) in [7, 11) is 5.84. The van der Waals surface area contributed by atoms with Crippen molar-refractivity contribution >= 4 is 67.7 Å². The molecule has 19 heteroatoms. The number of fused-ring (bicyclic) bond motifs is 5. The third-order valence-corrected chi connectivity index (χ3v) is 13.1. The van der Waals surface area contributed by atoms with Gasteiger partial charge in [0.25, 0.3) is 17.4 Å². The van der Waals surface area contributed by atoms with E-state index >= 15 is 0 Å². The molecule has 0 bridgehead atoms. The first-order chi connectivity index (χ1) is 27.1. The number of amides is 2. The Hall–Kier alpha value is -5.39. The molecule has 8 rings (SSSR count). The monoisotopic (exact) mass is 884 g/mol. The summed E-state index contributed by atoms with van der Waals surface area (Å²) in [5.74, 6) is -3.08. The minimum Gasteiger partial charge on any atom is -0.503 e. The average molecular weight is 887 g/mol. The van der Waals surface area contributed by atoms with E-state index in [0.29, 0.717) is 33.7 Å². The Morgan fingerprint density at radius 2 is 1.60 bits per heavy atom. The molecule has 1 aliphatic carbocycles. The molecule has 296 valence electrons. The van der Waals surface area contributed by atoms with Crippen molar-refractivity contribution in [2.24, 2.45) is 7.05 Å². The number of benzene rings is 3. The first kappa shape index (κ1) is 38.5. The highest BCUT2D eigenvalue weighted by molar-refractivity contribution is 9.10. The third kappa shape index (κ3) is 5.41. The van der Waals surface area contributed by atoms with E-state index in [9.17, 15) is 33.5 Å². The molecule has 2 fully saturated rings. The number of imide groups is 1. The summed E-state index contributed by atoms with van der Waals surface area (Å²) >= 11 is 18.2. The molecule has 1 saturated heterocycles. The summed E-state index contributed by atoms with van der Waals surface area (Å²) in [4.78, 5) is 71.9. The number of rotatable bonds is 8. The molecule has 3 aromatic carbocycles. The SMILES string of the molecule is COc1cc2nc(CCn3c(=O)n4n(c3=O)[C@@H]3C[C@@]5(Cl)C(=O)N(c6ccc(F)cc6)C(=O)[C@@]5(Cl)[C@@H](c5cc(Br)c(O)c(OC)c5)C3=CC4)c(=O)n(C)c2cc1OC. The number of alkyl halides is 2. The highest BCUT2D eigenvalue weighted by Crippen LogP contribution is 2.64. The van der Waals surface area contributed by atoms with Crippen LogP contribution in [0.15, 0.2) is 79.0 Å². The van der Waals surface area contributed by atoms with Crippen LogP contribution in [-0.4, -0.2) is 71.5 Å². The molecule has 0 spiro atoms. The number of aromatic hydroxyl groups is 1. The van der Waals surface area contributed by atoms with Crippen LogP contribution in [0.5, 0.6) is 23.0 Å². The lowest BCUT2D eigenvalue weighted by atomic mass is 9.64. The number of aromatic nitrogens is 5. The minimum absolute atomic E-state index is 0.0109. The van der Waals surface area contributed by atoms with Crippen LogP contribution in [-0.2, 0) is 36.1 Å². The fourth-order valence-electron chi connectivity index (χ4n) is 8.28. The van der Waals surface area contributed by atoms with Gasteiger partial charge in [-0.3, -0.25) is 14.4 Å². The van der Waals surface area contributed by atoms with Gasteiger partial charge in [-0.1, -0.05) is 6.08 Å².